The van der Waals surface area contributed by atoms with Gasteiger partial charge in [0.1, 0.15) is 16.6 Å². The molecule has 0 unspecified atom stereocenters. The summed E-state index contributed by atoms with van der Waals surface area (Å²) in [6, 6.07) is 13.3. The van der Waals surface area contributed by atoms with E-state index >= 15 is 0 Å². The molecular weight excluding hydrogens is 464 g/mol. The highest BCUT2D eigenvalue weighted by Crippen LogP contribution is 2.33. The second-order valence-electron chi connectivity index (χ2n) is 6.44. The predicted octanol–water partition coefficient (Wildman–Crippen LogP) is 2.77. The van der Waals surface area contributed by atoms with E-state index in [0.29, 0.717) is 33.5 Å². The normalized spacial score (nSPS) is 11.4. The third-order valence-electron chi connectivity index (χ3n) is 4.30. The van der Waals surface area contributed by atoms with Crippen LogP contribution in [0.3, 0.4) is 0 Å². The third-order valence-corrected chi connectivity index (χ3v) is 6.49. The van der Waals surface area contributed by atoms with Crippen LogP contribution >= 0.6 is 11.3 Å². The molecule has 5 N–H and O–H groups in total. The van der Waals surface area contributed by atoms with Crippen molar-refractivity contribution >= 4 is 38.6 Å². The first-order valence-corrected chi connectivity index (χ1v) is 11.6. The fourth-order valence-corrected chi connectivity index (χ4v) is 4.40. The number of aromatic nitrogens is 1. The van der Waals surface area contributed by atoms with Crippen LogP contribution < -0.4 is 26.3 Å². The number of anilines is 1. The van der Waals surface area contributed by atoms with Crippen LogP contribution in [0.5, 0.6) is 11.5 Å². The zero-order valence-corrected chi connectivity index (χ0v) is 19.3. The summed E-state index contributed by atoms with van der Waals surface area (Å²) in [4.78, 5) is 4.48. The number of thiazole rings is 1. The van der Waals surface area contributed by atoms with Gasteiger partial charge in [-0.1, -0.05) is 0 Å². The first-order chi connectivity index (χ1) is 15.8. The number of nitrogens with two attached hydrogens (primary N) is 2. The van der Waals surface area contributed by atoms with Crippen molar-refractivity contribution in [1.82, 2.24) is 4.98 Å². The zero-order chi connectivity index (χ0) is 24.0. The van der Waals surface area contributed by atoms with E-state index in [1.54, 1.807) is 20.3 Å². The number of rotatable bonds is 8. The standard InChI is InChI=1S/C21H20N6O4S2/c1-30-18-8-3-13(9-19(18)31-2)17-12-32-20(26-17)14(10-22)11-25-15-4-6-16(7-5-15)33(28,29)27-21(23)24/h3-9,11-12,25H,1-2H3,(H4,23,24,27)/b14-11-. The van der Waals surface area contributed by atoms with Crippen molar-refractivity contribution in [2.24, 2.45) is 15.9 Å². The van der Waals surface area contributed by atoms with E-state index in [2.05, 4.69) is 20.8 Å². The van der Waals surface area contributed by atoms with E-state index in [9.17, 15) is 13.7 Å². The SMILES string of the molecule is COc1ccc(-c2csc(/C(C#N)=C\Nc3ccc(S(=O)(=O)N=C(N)N)cc3)n2)cc1OC. The Hall–Kier alpha value is -4.08. The minimum Gasteiger partial charge on any atom is -0.493 e. The van der Waals surface area contributed by atoms with Crippen molar-refractivity contribution in [3.05, 3.63) is 59.1 Å². The van der Waals surface area contributed by atoms with Crippen molar-refractivity contribution < 1.29 is 17.9 Å². The van der Waals surface area contributed by atoms with Crippen molar-refractivity contribution in [3.63, 3.8) is 0 Å². The van der Waals surface area contributed by atoms with E-state index in [-0.39, 0.29) is 4.90 Å². The summed E-state index contributed by atoms with van der Waals surface area (Å²) in [5, 5.41) is 14.9. The van der Waals surface area contributed by atoms with Gasteiger partial charge in [0.2, 0.25) is 5.96 Å². The van der Waals surface area contributed by atoms with Gasteiger partial charge in [-0.25, -0.2) is 4.98 Å². The number of nitriles is 1. The second-order valence-corrected chi connectivity index (χ2v) is 8.90. The molecule has 0 amide bonds. The van der Waals surface area contributed by atoms with Gasteiger partial charge >= 0.3 is 0 Å². The molecule has 33 heavy (non-hydrogen) atoms. The lowest BCUT2D eigenvalue weighted by Gasteiger charge is -2.08. The largest absolute Gasteiger partial charge is 0.493 e. The topological polar surface area (TPSA) is 166 Å². The smallest absolute Gasteiger partial charge is 0.285 e. The minimum absolute atomic E-state index is 0.0644. The van der Waals surface area contributed by atoms with Crippen LogP contribution in [0.15, 0.2) is 63.3 Å². The van der Waals surface area contributed by atoms with E-state index in [1.807, 2.05) is 17.5 Å². The zero-order valence-electron chi connectivity index (χ0n) is 17.6. The molecule has 0 aliphatic carbocycles. The molecule has 3 rings (SSSR count). The maximum Gasteiger partial charge on any atom is 0.285 e. The Labute approximate surface area is 194 Å². The predicted molar refractivity (Wildman–Crippen MR) is 127 cm³/mol. The molecule has 0 radical (unpaired) electrons. The lowest BCUT2D eigenvalue weighted by atomic mass is 10.1. The molecule has 0 bridgehead atoms. The Morgan fingerprint density at radius 3 is 2.45 bits per heavy atom. The molecule has 0 aliphatic heterocycles. The van der Waals surface area contributed by atoms with Gasteiger partial charge < -0.3 is 26.3 Å². The van der Waals surface area contributed by atoms with Crippen LogP contribution in [0, 0.1) is 11.3 Å². The number of benzene rings is 2. The highest BCUT2D eigenvalue weighted by molar-refractivity contribution is 7.90. The lowest BCUT2D eigenvalue weighted by molar-refractivity contribution is 0.355. The van der Waals surface area contributed by atoms with E-state index < -0.39 is 16.0 Å². The molecule has 12 heteroatoms. The maximum absolute atomic E-state index is 12.0. The summed E-state index contributed by atoms with van der Waals surface area (Å²) in [6.45, 7) is 0. The number of methoxy groups -OCH3 is 2. The highest BCUT2D eigenvalue weighted by atomic mass is 32.2. The van der Waals surface area contributed by atoms with Gasteiger partial charge in [0.25, 0.3) is 10.0 Å². The molecule has 0 saturated heterocycles. The average Bonchev–Trinajstić information content (AvgIpc) is 3.28. The Morgan fingerprint density at radius 2 is 1.85 bits per heavy atom. The molecule has 1 heterocycles. The summed E-state index contributed by atoms with van der Waals surface area (Å²) in [6.07, 6.45) is 1.50. The monoisotopic (exact) mass is 484 g/mol. The summed E-state index contributed by atoms with van der Waals surface area (Å²) in [5.41, 5.74) is 12.7. The highest BCUT2D eigenvalue weighted by Gasteiger charge is 2.14. The first-order valence-electron chi connectivity index (χ1n) is 9.28. The quantitative estimate of drug-likeness (QED) is 0.247. The van der Waals surface area contributed by atoms with Crippen LogP contribution in [0.1, 0.15) is 5.01 Å². The van der Waals surface area contributed by atoms with Gasteiger partial charge in [0, 0.05) is 22.8 Å². The number of ether oxygens (including phenoxy) is 2. The molecular formula is C21H20N6O4S2. The summed E-state index contributed by atoms with van der Waals surface area (Å²) >= 11 is 1.32. The summed E-state index contributed by atoms with van der Waals surface area (Å²) in [5.74, 6) is 0.637. The van der Waals surface area contributed by atoms with Gasteiger partial charge in [-0.3, -0.25) is 0 Å². The Morgan fingerprint density at radius 1 is 1.15 bits per heavy atom. The third kappa shape index (κ3) is 5.59. The van der Waals surface area contributed by atoms with Crippen molar-refractivity contribution in [3.8, 4) is 28.8 Å². The average molecular weight is 485 g/mol. The summed E-state index contributed by atoms with van der Waals surface area (Å²) in [7, 11) is -0.855. The molecule has 0 spiro atoms. The molecule has 0 fully saturated rings. The number of hydrogen-bond donors (Lipinski definition) is 3. The van der Waals surface area contributed by atoms with Crippen LogP contribution in [-0.2, 0) is 10.0 Å². The molecule has 1 aromatic heterocycles. The van der Waals surface area contributed by atoms with Crippen LogP contribution in [0.2, 0.25) is 0 Å². The van der Waals surface area contributed by atoms with Gasteiger partial charge in [-0.2, -0.15) is 13.7 Å². The minimum atomic E-state index is -3.97. The van der Waals surface area contributed by atoms with E-state index in [1.165, 1.54) is 41.8 Å². The van der Waals surface area contributed by atoms with Gasteiger partial charge in [0.15, 0.2) is 11.5 Å². The Bertz CT molecular complexity index is 1350. The number of nitrogens with zero attached hydrogens (tertiary/aromatic N) is 3. The van der Waals surface area contributed by atoms with Crippen LogP contribution in [-0.4, -0.2) is 33.6 Å². The van der Waals surface area contributed by atoms with Crippen LogP contribution in [0.4, 0.5) is 5.69 Å². The fourth-order valence-electron chi connectivity index (χ4n) is 2.74. The molecule has 0 atom stereocenters. The van der Waals surface area contributed by atoms with Gasteiger partial charge in [-0.15, -0.1) is 15.7 Å². The molecule has 0 saturated carbocycles. The van der Waals surface area contributed by atoms with Crippen LogP contribution in [0.25, 0.3) is 16.8 Å². The first kappa shape index (κ1) is 23.6. The summed E-state index contributed by atoms with van der Waals surface area (Å²) < 4.78 is 37.8. The number of nitrogens with one attached hydrogen (secondary N) is 1. The molecule has 0 aliphatic rings. The fraction of sp³-hybridized carbons (Fsp3) is 0.0952. The van der Waals surface area contributed by atoms with Gasteiger partial charge in [0.05, 0.1) is 24.8 Å². The number of sulfonamides is 1. The van der Waals surface area contributed by atoms with E-state index in [0.717, 1.165) is 5.56 Å². The Kier molecular flexibility index (Phi) is 7.17. The lowest BCUT2D eigenvalue weighted by Crippen LogP contribution is -2.24. The second kappa shape index (κ2) is 10.0. The molecule has 3 aromatic rings. The number of hydrogen-bond acceptors (Lipinski definition) is 8. The maximum atomic E-state index is 12.0. The van der Waals surface area contributed by atoms with Crippen molar-refractivity contribution in [2.75, 3.05) is 19.5 Å². The molecule has 10 nitrogen and oxygen atoms in total. The van der Waals surface area contributed by atoms with Crippen molar-refractivity contribution in [2.45, 2.75) is 4.90 Å². The Balaban J connectivity index is 1.79. The number of allylic oxidation sites excluding steroid dienone is 1. The number of guanidine groups is 1. The van der Waals surface area contributed by atoms with Crippen molar-refractivity contribution in [1.29, 1.82) is 5.26 Å². The van der Waals surface area contributed by atoms with Gasteiger partial charge in [-0.05, 0) is 42.5 Å². The molecule has 170 valence electrons. The van der Waals surface area contributed by atoms with E-state index in [4.69, 9.17) is 20.9 Å². The molecule has 2 aromatic carbocycles.